The lowest BCUT2D eigenvalue weighted by Gasteiger charge is -2.16. The van der Waals surface area contributed by atoms with Gasteiger partial charge in [0.25, 0.3) is 5.91 Å². The van der Waals surface area contributed by atoms with E-state index in [9.17, 15) is 9.59 Å². The average molecular weight is 298 g/mol. The van der Waals surface area contributed by atoms with Crippen LogP contribution in [0.5, 0.6) is 0 Å². The van der Waals surface area contributed by atoms with Gasteiger partial charge in [0.05, 0.1) is 6.26 Å². The highest BCUT2D eigenvalue weighted by Crippen LogP contribution is 2.07. The molecule has 0 aliphatic heterocycles. The van der Waals surface area contributed by atoms with Crippen LogP contribution >= 0.6 is 0 Å². The molecule has 0 saturated heterocycles. The summed E-state index contributed by atoms with van der Waals surface area (Å²) < 4.78 is 9.79. The molecule has 0 aliphatic carbocycles. The third kappa shape index (κ3) is 4.21. The largest absolute Gasteiger partial charge is 0.459 e. The number of hydrogen-bond donors (Lipinski definition) is 1. The van der Waals surface area contributed by atoms with Crippen molar-refractivity contribution in [3.05, 3.63) is 60.1 Å². The Bertz CT molecular complexity index is 659. The van der Waals surface area contributed by atoms with Crippen molar-refractivity contribution in [3.63, 3.8) is 0 Å². The molecule has 2 rings (SSSR count). The first kappa shape index (κ1) is 15.3. The minimum atomic E-state index is -0.895. The van der Waals surface area contributed by atoms with Gasteiger partial charge in [-0.1, -0.05) is 30.3 Å². The normalized spacial score (nSPS) is 11.2. The smallest absolute Gasteiger partial charge is 0.330 e. The molecule has 1 atom stereocenters. The number of carbonyl (C=O) groups is 2. The van der Waals surface area contributed by atoms with Crippen LogP contribution in [-0.4, -0.2) is 24.5 Å². The monoisotopic (exact) mass is 298 g/mol. The Hall–Kier alpha value is -3.07. The number of esters is 1. The van der Waals surface area contributed by atoms with Crippen molar-refractivity contribution in [2.45, 2.75) is 12.5 Å². The van der Waals surface area contributed by atoms with Crippen molar-refractivity contribution < 1.29 is 18.7 Å². The van der Waals surface area contributed by atoms with Gasteiger partial charge in [-0.25, -0.2) is 4.79 Å². The van der Waals surface area contributed by atoms with Crippen LogP contribution in [0.2, 0.25) is 0 Å². The molecule has 1 aromatic carbocycles. The number of ether oxygens (including phenoxy) is 1. The van der Waals surface area contributed by atoms with E-state index in [0.29, 0.717) is 0 Å². The summed E-state index contributed by atoms with van der Waals surface area (Å²) in [7, 11) is 0. The topological polar surface area (TPSA) is 92.3 Å². The van der Waals surface area contributed by atoms with E-state index in [2.05, 4.69) is 5.32 Å². The van der Waals surface area contributed by atoms with Gasteiger partial charge < -0.3 is 14.5 Å². The van der Waals surface area contributed by atoms with Gasteiger partial charge in [-0.3, -0.25) is 4.79 Å². The molecule has 1 heterocycles. The highest BCUT2D eigenvalue weighted by atomic mass is 16.5. The number of carbonyl (C=O) groups excluding carboxylic acids is 2. The van der Waals surface area contributed by atoms with Gasteiger partial charge in [0.2, 0.25) is 0 Å². The van der Waals surface area contributed by atoms with Gasteiger partial charge in [-0.2, -0.15) is 5.26 Å². The van der Waals surface area contributed by atoms with Crippen LogP contribution in [0.1, 0.15) is 16.1 Å². The first-order chi connectivity index (χ1) is 10.7. The maximum absolute atomic E-state index is 12.0. The van der Waals surface area contributed by atoms with E-state index in [-0.39, 0.29) is 18.8 Å². The Labute approximate surface area is 127 Å². The van der Waals surface area contributed by atoms with Gasteiger partial charge in [-0.05, 0) is 17.7 Å². The van der Waals surface area contributed by atoms with Crippen LogP contribution in [0.3, 0.4) is 0 Å². The lowest BCUT2D eigenvalue weighted by atomic mass is 10.1. The molecule has 0 bridgehead atoms. The van der Waals surface area contributed by atoms with E-state index in [4.69, 9.17) is 14.4 Å². The second-order valence-corrected chi connectivity index (χ2v) is 4.46. The van der Waals surface area contributed by atoms with Crippen molar-refractivity contribution >= 4 is 11.9 Å². The molecular weight excluding hydrogens is 284 g/mol. The van der Waals surface area contributed by atoms with Crippen LogP contribution in [0.25, 0.3) is 0 Å². The second-order valence-electron chi connectivity index (χ2n) is 4.46. The van der Waals surface area contributed by atoms with E-state index in [1.807, 2.05) is 30.3 Å². The number of nitriles is 1. The van der Waals surface area contributed by atoms with Gasteiger partial charge in [0, 0.05) is 6.42 Å². The standard InChI is InChI=1S/C16H14N2O4/c17-8-10-22-16(20)13(11-12-5-2-1-3-6-12)18-15(19)14-7-4-9-21-14/h1-7,9,13H,10-11H2,(H,18,19)/t13-/m0/s1. The third-order valence-corrected chi connectivity index (χ3v) is 2.90. The lowest BCUT2D eigenvalue weighted by Crippen LogP contribution is -2.43. The van der Waals surface area contributed by atoms with E-state index < -0.39 is 17.9 Å². The molecule has 22 heavy (non-hydrogen) atoms. The van der Waals surface area contributed by atoms with Crippen molar-refractivity contribution in [3.8, 4) is 6.07 Å². The molecule has 1 aromatic heterocycles. The van der Waals surface area contributed by atoms with Crippen molar-refractivity contribution in [1.82, 2.24) is 5.32 Å². The molecule has 0 unspecified atom stereocenters. The summed E-state index contributed by atoms with van der Waals surface area (Å²) in [5, 5.41) is 11.0. The predicted octanol–water partition coefficient (Wildman–Crippen LogP) is 1.69. The number of furan rings is 1. The summed E-state index contributed by atoms with van der Waals surface area (Å²) in [5.41, 5.74) is 0.862. The zero-order valence-corrected chi connectivity index (χ0v) is 11.7. The number of benzene rings is 1. The summed E-state index contributed by atoms with van der Waals surface area (Å²) in [5.74, 6) is -1.07. The Balaban J connectivity index is 2.09. The second kappa shape index (κ2) is 7.64. The summed E-state index contributed by atoms with van der Waals surface area (Å²) in [6, 6.07) is 13.1. The molecule has 1 amide bonds. The zero-order chi connectivity index (χ0) is 15.8. The molecule has 1 N–H and O–H groups in total. The number of hydrogen-bond acceptors (Lipinski definition) is 5. The fourth-order valence-corrected chi connectivity index (χ4v) is 1.88. The predicted molar refractivity (Wildman–Crippen MR) is 76.7 cm³/mol. The molecule has 2 aromatic rings. The minimum Gasteiger partial charge on any atom is -0.459 e. The van der Waals surface area contributed by atoms with E-state index in [0.717, 1.165) is 5.56 Å². The van der Waals surface area contributed by atoms with Crippen LogP contribution in [0.4, 0.5) is 0 Å². The third-order valence-electron chi connectivity index (χ3n) is 2.90. The van der Waals surface area contributed by atoms with Gasteiger partial charge in [-0.15, -0.1) is 0 Å². The first-order valence-corrected chi connectivity index (χ1v) is 6.62. The highest BCUT2D eigenvalue weighted by molar-refractivity contribution is 5.94. The molecule has 0 saturated carbocycles. The van der Waals surface area contributed by atoms with E-state index in [1.165, 1.54) is 12.3 Å². The van der Waals surface area contributed by atoms with Gasteiger partial charge in [0.15, 0.2) is 12.4 Å². The zero-order valence-electron chi connectivity index (χ0n) is 11.7. The van der Waals surface area contributed by atoms with E-state index in [1.54, 1.807) is 12.1 Å². The number of rotatable bonds is 6. The summed E-state index contributed by atoms with van der Waals surface area (Å²) in [4.78, 5) is 24.0. The average Bonchev–Trinajstić information content (AvgIpc) is 3.07. The van der Waals surface area contributed by atoms with Crippen LogP contribution in [0.15, 0.2) is 53.1 Å². The lowest BCUT2D eigenvalue weighted by molar-refractivity contribution is -0.144. The quantitative estimate of drug-likeness (QED) is 0.819. The summed E-state index contributed by atoms with van der Waals surface area (Å²) in [6.07, 6.45) is 1.63. The first-order valence-electron chi connectivity index (χ1n) is 6.62. The van der Waals surface area contributed by atoms with Gasteiger partial charge >= 0.3 is 5.97 Å². The molecular formula is C16H14N2O4. The van der Waals surface area contributed by atoms with Crippen LogP contribution in [-0.2, 0) is 16.0 Å². The van der Waals surface area contributed by atoms with Gasteiger partial charge in [0.1, 0.15) is 12.1 Å². The van der Waals surface area contributed by atoms with Crippen molar-refractivity contribution in [2.75, 3.05) is 6.61 Å². The number of nitrogens with zero attached hydrogens (tertiary/aromatic N) is 1. The number of amides is 1. The minimum absolute atomic E-state index is 0.103. The highest BCUT2D eigenvalue weighted by Gasteiger charge is 2.24. The van der Waals surface area contributed by atoms with Crippen molar-refractivity contribution in [2.24, 2.45) is 0 Å². The van der Waals surface area contributed by atoms with Crippen LogP contribution in [0, 0.1) is 11.3 Å². The summed E-state index contributed by atoms with van der Waals surface area (Å²) in [6.45, 7) is -0.360. The molecule has 0 radical (unpaired) electrons. The van der Waals surface area contributed by atoms with Crippen LogP contribution < -0.4 is 5.32 Å². The maximum Gasteiger partial charge on any atom is 0.330 e. The Morgan fingerprint density at radius 2 is 2.00 bits per heavy atom. The van der Waals surface area contributed by atoms with E-state index >= 15 is 0 Å². The molecule has 6 nitrogen and oxygen atoms in total. The SMILES string of the molecule is N#CCOC(=O)[C@H](Cc1ccccc1)NC(=O)c1ccco1. The Morgan fingerprint density at radius 3 is 2.64 bits per heavy atom. The molecule has 0 aliphatic rings. The fourth-order valence-electron chi connectivity index (χ4n) is 1.88. The summed E-state index contributed by atoms with van der Waals surface area (Å²) >= 11 is 0. The maximum atomic E-state index is 12.0. The fraction of sp³-hybridized carbons (Fsp3) is 0.188. The Kier molecular flexibility index (Phi) is 5.32. The number of nitrogens with one attached hydrogen (secondary N) is 1. The van der Waals surface area contributed by atoms with Crippen molar-refractivity contribution in [1.29, 1.82) is 5.26 Å². The Morgan fingerprint density at radius 1 is 1.23 bits per heavy atom. The molecule has 6 heteroatoms. The molecule has 112 valence electrons. The molecule has 0 fully saturated rings. The molecule has 0 spiro atoms.